The third-order valence-electron chi connectivity index (χ3n) is 5.89. The lowest BCUT2D eigenvalue weighted by Crippen LogP contribution is -2.26. The van der Waals surface area contributed by atoms with Crippen molar-refractivity contribution in [2.24, 2.45) is 5.92 Å². The molecule has 0 saturated carbocycles. The highest BCUT2D eigenvalue weighted by Gasteiger charge is 2.19. The Morgan fingerprint density at radius 3 is 2.66 bits per heavy atom. The average molecular weight is 504 g/mol. The largest absolute Gasteiger partial charge is 0.492 e. The van der Waals surface area contributed by atoms with Crippen LogP contribution in [-0.2, 0) is 21.2 Å². The molecular formula is C25H33N3O6S. The van der Waals surface area contributed by atoms with E-state index in [0.717, 1.165) is 28.4 Å². The van der Waals surface area contributed by atoms with Crippen molar-refractivity contribution in [1.29, 1.82) is 0 Å². The minimum atomic E-state index is -3.39. The number of aliphatic hydroxyl groups excluding tert-OH is 1. The Hall–Kier alpha value is -3.08. The number of aliphatic hydroxyl groups is 1. The number of benzene rings is 2. The van der Waals surface area contributed by atoms with Crippen LogP contribution in [0.3, 0.4) is 0 Å². The Bertz CT molecular complexity index is 1270. The van der Waals surface area contributed by atoms with Gasteiger partial charge in [0.25, 0.3) is 0 Å². The van der Waals surface area contributed by atoms with Crippen molar-refractivity contribution in [3.05, 3.63) is 59.3 Å². The van der Waals surface area contributed by atoms with Gasteiger partial charge in [0.2, 0.25) is 10.0 Å². The second-order valence-electron chi connectivity index (χ2n) is 8.65. The van der Waals surface area contributed by atoms with Crippen molar-refractivity contribution in [2.75, 3.05) is 30.7 Å². The van der Waals surface area contributed by atoms with Gasteiger partial charge in [-0.15, -0.1) is 0 Å². The number of aromatic nitrogens is 1. The number of carbonyl (C=O) groups is 1. The highest BCUT2D eigenvalue weighted by Crippen LogP contribution is 2.27. The molecule has 3 aromatic rings. The van der Waals surface area contributed by atoms with Crippen LogP contribution in [-0.4, -0.2) is 55.5 Å². The number of hydrogen-bond acceptors (Lipinski definition) is 6. The van der Waals surface area contributed by atoms with Gasteiger partial charge in [-0.1, -0.05) is 19.1 Å². The van der Waals surface area contributed by atoms with Gasteiger partial charge in [0, 0.05) is 47.9 Å². The topological polar surface area (TPSA) is 141 Å². The number of rotatable bonds is 13. The summed E-state index contributed by atoms with van der Waals surface area (Å²) in [7, 11) is -3.39. The van der Waals surface area contributed by atoms with E-state index in [1.807, 2.05) is 32.0 Å². The molecule has 9 nitrogen and oxygen atoms in total. The first-order chi connectivity index (χ1) is 16.6. The molecule has 35 heavy (non-hydrogen) atoms. The average Bonchev–Trinajstić information content (AvgIpc) is 3.10. The molecule has 0 aliphatic rings. The van der Waals surface area contributed by atoms with Crippen LogP contribution >= 0.6 is 0 Å². The molecule has 2 atom stereocenters. The van der Waals surface area contributed by atoms with Crippen molar-refractivity contribution >= 4 is 32.6 Å². The molecule has 0 bridgehead atoms. The van der Waals surface area contributed by atoms with E-state index in [4.69, 9.17) is 4.74 Å². The zero-order valence-corrected chi connectivity index (χ0v) is 21.0. The van der Waals surface area contributed by atoms with Crippen molar-refractivity contribution in [1.82, 2.24) is 10.3 Å². The van der Waals surface area contributed by atoms with Gasteiger partial charge < -0.3 is 25.3 Å². The Morgan fingerprint density at radius 2 is 1.97 bits per heavy atom. The van der Waals surface area contributed by atoms with Crippen molar-refractivity contribution in [3.63, 3.8) is 0 Å². The fourth-order valence-electron chi connectivity index (χ4n) is 3.94. The van der Waals surface area contributed by atoms with Crippen LogP contribution in [0.2, 0.25) is 0 Å². The van der Waals surface area contributed by atoms with Crippen LogP contribution < -0.4 is 14.8 Å². The third-order valence-corrected chi connectivity index (χ3v) is 6.49. The van der Waals surface area contributed by atoms with Crippen LogP contribution in [0.25, 0.3) is 10.9 Å². The number of fused-ring (bicyclic) bond motifs is 1. The first kappa shape index (κ1) is 26.5. The minimum absolute atomic E-state index is 0.284. The minimum Gasteiger partial charge on any atom is -0.492 e. The van der Waals surface area contributed by atoms with Crippen molar-refractivity contribution in [2.45, 2.75) is 32.8 Å². The Balaban J connectivity index is 1.50. The van der Waals surface area contributed by atoms with Crippen LogP contribution in [0.5, 0.6) is 5.75 Å². The summed E-state index contributed by atoms with van der Waals surface area (Å²) in [6.07, 6.45) is 1.31. The number of carboxylic acids is 1. The summed E-state index contributed by atoms with van der Waals surface area (Å²) in [6.45, 7) is 5.04. The summed E-state index contributed by atoms with van der Waals surface area (Å²) >= 11 is 0. The van der Waals surface area contributed by atoms with Crippen LogP contribution in [0.1, 0.15) is 36.3 Å². The molecule has 0 fully saturated rings. The molecule has 10 heteroatoms. The molecule has 2 aromatic carbocycles. The van der Waals surface area contributed by atoms with E-state index in [2.05, 4.69) is 15.0 Å². The normalized spacial score (nSPS) is 13.5. The summed E-state index contributed by atoms with van der Waals surface area (Å²) in [6, 6.07) is 12.4. The number of anilines is 1. The lowest BCUT2D eigenvalue weighted by Gasteiger charge is -2.14. The molecule has 3 rings (SSSR count). The van der Waals surface area contributed by atoms with Gasteiger partial charge in [0.15, 0.2) is 0 Å². The summed E-state index contributed by atoms with van der Waals surface area (Å²) in [5.74, 6) is -0.514. The maximum absolute atomic E-state index is 11.4. The number of carboxylic acid groups (broad SMARTS) is 1. The van der Waals surface area contributed by atoms with Gasteiger partial charge in [-0.2, -0.15) is 0 Å². The van der Waals surface area contributed by atoms with Gasteiger partial charge in [-0.05, 0) is 48.7 Å². The number of aliphatic carboxylic acids is 1. The maximum atomic E-state index is 11.4. The molecule has 0 aliphatic carbocycles. The molecule has 2 unspecified atom stereocenters. The molecule has 190 valence electrons. The molecule has 0 spiro atoms. The summed E-state index contributed by atoms with van der Waals surface area (Å²) in [5, 5.41) is 23.9. The number of H-pyrrole nitrogens is 1. The molecular weight excluding hydrogens is 470 g/mol. The maximum Gasteiger partial charge on any atom is 0.306 e. The molecule has 5 N–H and O–H groups in total. The summed E-state index contributed by atoms with van der Waals surface area (Å²) < 4.78 is 31.0. The van der Waals surface area contributed by atoms with Crippen molar-refractivity contribution < 1.29 is 28.2 Å². The quantitative estimate of drug-likeness (QED) is 0.226. The monoisotopic (exact) mass is 503 g/mol. The summed E-state index contributed by atoms with van der Waals surface area (Å²) in [5.41, 5.74) is 3.89. The van der Waals surface area contributed by atoms with E-state index in [1.54, 1.807) is 24.3 Å². The number of aryl methyl sites for hydroxylation is 1. The molecule has 1 heterocycles. The number of sulfonamides is 1. The van der Waals surface area contributed by atoms with E-state index in [0.29, 0.717) is 43.0 Å². The SMILES string of the molecule is CCC(Cc1[nH]c2cc(OCCNCC(O)c3cccc(NS(C)(=O)=O)c3)ccc2c1C)C(=O)O. The highest BCUT2D eigenvalue weighted by molar-refractivity contribution is 7.92. The van der Waals surface area contributed by atoms with E-state index in [-0.39, 0.29) is 6.54 Å². The van der Waals surface area contributed by atoms with Gasteiger partial charge in [-0.3, -0.25) is 9.52 Å². The van der Waals surface area contributed by atoms with Gasteiger partial charge >= 0.3 is 5.97 Å². The number of hydrogen-bond donors (Lipinski definition) is 5. The van der Waals surface area contributed by atoms with Gasteiger partial charge in [0.1, 0.15) is 12.4 Å². The second-order valence-corrected chi connectivity index (χ2v) is 10.4. The Labute approximate surface area is 205 Å². The van der Waals surface area contributed by atoms with Crippen LogP contribution in [0.15, 0.2) is 42.5 Å². The van der Waals surface area contributed by atoms with E-state index in [1.165, 1.54) is 0 Å². The number of aromatic amines is 1. The predicted octanol–water partition coefficient (Wildman–Crippen LogP) is 3.20. The second kappa shape index (κ2) is 11.6. The standard InChI is InChI=1S/C25H33N3O6S/c1-4-17(25(30)31)13-22-16(2)21-9-8-20(14-23(21)27-22)34-11-10-26-15-24(29)18-6-5-7-19(12-18)28-35(3,32)33/h5-9,12,14,17,24,26-29H,4,10-11,13,15H2,1-3H3,(H,30,31). The van der Waals surface area contributed by atoms with Crippen molar-refractivity contribution in [3.8, 4) is 5.75 Å². The Kier molecular flexibility index (Phi) is 8.76. The Morgan fingerprint density at radius 1 is 1.20 bits per heavy atom. The summed E-state index contributed by atoms with van der Waals surface area (Å²) in [4.78, 5) is 14.7. The zero-order chi connectivity index (χ0) is 25.6. The van der Waals surface area contributed by atoms with Gasteiger partial charge in [0.05, 0.1) is 18.3 Å². The molecule has 0 aliphatic heterocycles. The number of ether oxygens (including phenoxy) is 1. The van der Waals surface area contributed by atoms with E-state index in [9.17, 15) is 23.4 Å². The highest BCUT2D eigenvalue weighted by atomic mass is 32.2. The first-order valence-electron chi connectivity index (χ1n) is 11.5. The van der Waals surface area contributed by atoms with Crippen LogP contribution in [0, 0.1) is 12.8 Å². The molecule has 0 amide bonds. The lowest BCUT2D eigenvalue weighted by molar-refractivity contribution is -0.141. The fraction of sp³-hybridized carbons (Fsp3) is 0.400. The van der Waals surface area contributed by atoms with E-state index < -0.39 is 28.0 Å². The number of nitrogens with one attached hydrogen (secondary N) is 3. The van der Waals surface area contributed by atoms with Crippen LogP contribution in [0.4, 0.5) is 5.69 Å². The first-order valence-corrected chi connectivity index (χ1v) is 13.4. The molecule has 0 radical (unpaired) electrons. The molecule has 0 saturated heterocycles. The fourth-order valence-corrected chi connectivity index (χ4v) is 4.50. The molecule has 1 aromatic heterocycles. The van der Waals surface area contributed by atoms with Gasteiger partial charge in [-0.25, -0.2) is 8.42 Å². The van der Waals surface area contributed by atoms with E-state index >= 15 is 0 Å². The predicted molar refractivity (Wildman–Crippen MR) is 136 cm³/mol. The zero-order valence-electron chi connectivity index (χ0n) is 20.2. The smallest absolute Gasteiger partial charge is 0.306 e. The third kappa shape index (κ3) is 7.45. The lowest BCUT2D eigenvalue weighted by atomic mass is 9.98.